The molecule has 4 nitrogen and oxygen atoms in total. The summed E-state index contributed by atoms with van der Waals surface area (Å²) >= 11 is 0. The van der Waals surface area contributed by atoms with Gasteiger partial charge in [-0.15, -0.1) is 0 Å². The highest BCUT2D eigenvalue weighted by molar-refractivity contribution is 6.04. The molecule has 0 spiro atoms. The number of nitrogens with one attached hydrogen (secondary N) is 1. The first-order valence-corrected chi connectivity index (χ1v) is 7.36. The number of hydrogen-bond donors (Lipinski definition) is 1. The van der Waals surface area contributed by atoms with Crippen LogP contribution in [-0.2, 0) is 4.79 Å². The number of amides is 1. The van der Waals surface area contributed by atoms with Gasteiger partial charge in [-0.2, -0.15) is 0 Å². The number of carbonyl (C=O) groups excluding carboxylic acids is 2. The molecule has 2 rings (SSSR count). The maximum absolute atomic E-state index is 12.0. The number of rotatable bonds is 6. The van der Waals surface area contributed by atoms with Gasteiger partial charge in [0.25, 0.3) is 5.91 Å². The van der Waals surface area contributed by atoms with E-state index in [1.165, 1.54) is 0 Å². The quantitative estimate of drug-likeness (QED) is 0.647. The van der Waals surface area contributed by atoms with E-state index >= 15 is 0 Å². The van der Waals surface area contributed by atoms with Crippen molar-refractivity contribution in [1.82, 2.24) is 0 Å². The normalized spacial score (nSPS) is 10.0. The van der Waals surface area contributed by atoms with Crippen molar-refractivity contribution in [3.05, 3.63) is 60.2 Å². The number of esters is 1. The van der Waals surface area contributed by atoms with Gasteiger partial charge in [-0.1, -0.05) is 31.5 Å². The lowest BCUT2D eigenvalue weighted by atomic mass is 10.2. The molecule has 1 N–H and O–H groups in total. The fourth-order valence-corrected chi connectivity index (χ4v) is 1.90. The Hall–Kier alpha value is -2.62. The summed E-state index contributed by atoms with van der Waals surface area (Å²) in [6.45, 7) is 2.03. The highest BCUT2D eigenvalue weighted by Crippen LogP contribution is 2.17. The van der Waals surface area contributed by atoms with Gasteiger partial charge in [-0.25, -0.2) is 0 Å². The molecule has 0 heterocycles. The summed E-state index contributed by atoms with van der Waals surface area (Å²) in [6, 6.07) is 15.7. The zero-order chi connectivity index (χ0) is 15.8. The summed E-state index contributed by atoms with van der Waals surface area (Å²) in [4.78, 5) is 23.5. The molecule has 0 bridgehead atoms. The van der Waals surface area contributed by atoms with Gasteiger partial charge >= 0.3 is 5.97 Å². The molecule has 4 heteroatoms. The minimum Gasteiger partial charge on any atom is -0.427 e. The predicted molar refractivity (Wildman–Crippen MR) is 86.0 cm³/mol. The first-order chi connectivity index (χ1) is 10.7. The van der Waals surface area contributed by atoms with Crippen LogP contribution in [0.4, 0.5) is 5.69 Å². The zero-order valence-corrected chi connectivity index (χ0v) is 12.5. The molecular weight excluding hydrogens is 278 g/mol. The van der Waals surface area contributed by atoms with Crippen molar-refractivity contribution in [3.8, 4) is 5.75 Å². The SMILES string of the molecule is CCCCC(=O)Oc1ccc(NC(=O)c2ccccc2)cc1. The van der Waals surface area contributed by atoms with Crippen LogP contribution in [0.1, 0.15) is 36.5 Å². The van der Waals surface area contributed by atoms with Gasteiger partial charge in [0.2, 0.25) is 0 Å². The minimum atomic E-state index is -0.233. The van der Waals surface area contributed by atoms with Crippen LogP contribution in [0.5, 0.6) is 5.75 Å². The van der Waals surface area contributed by atoms with Gasteiger partial charge in [0.15, 0.2) is 0 Å². The number of ether oxygens (including phenoxy) is 1. The third-order valence-corrected chi connectivity index (χ3v) is 3.11. The van der Waals surface area contributed by atoms with Gasteiger partial charge in [-0.3, -0.25) is 9.59 Å². The van der Waals surface area contributed by atoms with Crippen molar-refractivity contribution < 1.29 is 14.3 Å². The Labute approximate surface area is 130 Å². The summed E-state index contributed by atoms with van der Waals surface area (Å²) in [7, 11) is 0. The predicted octanol–water partition coefficient (Wildman–Crippen LogP) is 4.03. The lowest BCUT2D eigenvalue weighted by Crippen LogP contribution is -2.11. The number of benzene rings is 2. The van der Waals surface area contributed by atoms with Crippen LogP contribution >= 0.6 is 0 Å². The molecule has 0 fully saturated rings. The second-order valence-corrected chi connectivity index (χ2v) is 4.92. The fourth-order valence-electron chi connectivity index (χ4n) is 1.90. The smallest absolute Gasteiger partial charge is 0.311 e. The van der Waals surface area contributed by atoms with Crippen LogP contribution in [0.15, 0.2) is 54.6 Å². The Morgan fingerprint density at radius 3 is 2.32 bits per heavy atom. The van der Waals surface area contributed by atoms with E-state index in [0.29, 0.717) is 23.4 Å². The Morgan fingerprint density at radius 2 is 1.68 bits per heavy atom. The Bertz CT molecular complexity index is 621. The molecule has 0 aliphatic rings. The van der Waals surface area contributed by atoms with Crippen LogP contribution in [0.2, 0.25) is 0 Å². The Kier molecular flexibility index (Phi) is 5.72. The first kappa shape index (κ1) is 15.8. The molecule has 2 aromatic rings. The van der Waals surface area contributed by atoms with E-state index in [2.05, 4.69) is 5.32 Å². The van der Waals surface area contributed by atoms with E-state index in [1.807, 2.05) is 25.1 Å². The first-order valence-electron chi connectivity index (χ1n) is 7.36. The van der Waals surface area contributed by atoms with E-state index in [1.54, 1.807) is 36.4 Å². The second-order valence-electron chi connectivity index (χ2n) is 4.92. The maximum Gasteiger partial charge on any atom is 0.311 e. The Morgan fingerprint density at radius 1 is 1.00 bits per heavy atom. The van der Waals surface area contributed by atoms with Crippen molar-refractivity contribution >= 4 is 17.6 Å². The topological polar surface area (TPSA) is 55.4 Å². The fraction of sp³-hybridized carbons (Fsp3) is 0.222. The number of anilines is 1. The average molecular weight is 297 g/mol. The molecule has 0 saturated carbocycles. The monoisotopic (exact) mass is 297 g/mol. The molecule has 1 amide bonds. The molecule has 0 saturated heterocycles. The zero-order valence-electron chi connectivity index (χ0n) is 12.5. The number of hydrogen-bond acceptors (Lipinski definition) is 3. The third-order valence-electron chi connectivity index (χ3n) is 3.11. The maximum atomic E-state index is 12.0. The molecule has 0 radical (unpaired) electrons. The van der Waals surface area contributed by atoms with E-state index in [9.17, 15) is 9.59 Å². The van der Waals surface area contributed by atoms with Crippen molar-refractivity contribution in [2.24, 2.45) is 0 Å². The van der Waals surface area contributed by atoms with Gasteiger partial charge in [0.05, 0.1) is 0 Å². The van der Waals surface area contributed by atoms with Crippen LogP contribution < -0.4 is 10.1 Å². The molecule has 2 aromatic carbocycles. The summed E-state index contributed by atoms with van der Waals surface area (Å²) in [6.07, 6.45) is 2.20. The van der Waals surface area contributed by atoms with Gasteiger partial charge in [0, 0.05) is 17.7 Å². The molecule has 0 aliphatic heterocycles. The second kappa shape index (κ2) is 7.98. The van der Waals surface area contributed by atoms with Gasteiger partial charge in [0.1, 0.15) is 5.75 Å². The largest absolute Gasteiger partial charge is 0.427 e. The summed E-state index contributed by atoms with van der Waals surface area (Å²) in [5.41, 5.74) is 1.25. The number of unbranched alkanes of at least 4 members (excludes halogenated alkanes) is 1. The van der Waals surface area contributed by atoms with Crippen molar-refractivity contribution in [2.45, 2.75) is 26.2 Å². The standard InChI is InChI=1S/C18H19NO3/c1-2-3-9-17(20)22-16-12-10-15(11-13-16)19-18(21)14-7-5-4-6-8-14/h4-8,10-13H,2-3,9H2,1H3,(H,19,21). The summed E-state index contributed by atoms with van der Waals surface area (Å²) < 4.78 is 5.21. The van der Waals surface area contributed by atoms with Crippen LogP contribution in [-0.4, -0.2) is 11.9 Å². The van der Waals surface area contributed by atoms with Gasteiger partial charge < -0.3 is 10.1 Å². The van der Waals surface area contributed by atoms with Crippen LogP contribution in [0.3, 0.4) is 0 Å². The molecule has 114 valence electrons. The molecule has 0 unspecified atom stereocenters. The van der Waals surface area contributed by atoms with Crippen molar-refractivity contribution in [2.75, 3.05) is 5.32 Å². The van der Waals surface area contributed by atoms with E-state index < -0.39 is 0 Å². The molecule has 0 aromatic heterocycles. The van der Waals surface area contributed by atoms with E-state index in [-0.39, 0.29) is 11.9 Å². The number of carbonyl (C=O) groups is 2. The van der Waals surface area contributed by atoms with Crippen molar-refractivity contribution in [3.63, 3.8) is 0 Å². The lowest BCUT2D eigenvalue weighted by molar-refractivity contribution is -0.134. The molecule has 22 heavy (non-hydrogen) atoms. The summed E-state index contributed by atoms with van der Waals surface area (Å²) in [5.74, 6) is 0.0787. The Balaban J connectivity index is 1.92. The van der Waals surface area contributed by atoms with E-state index in [0.717, 1.165) is 12.8 Å². The molecule has 0 aliphatic carbocycles. The average Bonchev–Trinajstić information content (AvgIpc) is 2.55. The highest BCUT2D eigenvalue weighted by atomic mass is 16.5. The minimum absolute atomic E-state index is 0.173. The summed E-state index contributed by atoms with van der Waals surface area (Å²) in [5, 5.41) is 2.79. The van der Waals surface area contributed by atoms with Crippen molar-refractivity contribution in [1.29, 1.82) is 0 Å². The highest BCUT2D eigenvalue weighted by Gasteiger charge is 2.07. The van der Waals surface area contributed by atoms with Gasteiger partial charge in [-0.05, 0) is 42.8 Å². The molecular formula is C18H19NO3. The van der Waals surface area contributed by atoms with E-state index in [4.69, 9.17) is 4.74 Å². The van der Waals surface area contributed by atoms with Crippen LogP contribution in [0, 0.1) is 0 Å². The molecule has 0 atom stereocenters. The third kappa shape index (κ3) is 4.74. The lowest BCUT2D eigenvalue weighted by Gasteiger charge is -2.07. The van der Waals surface area contributed by atoms with Crippen LogP contribution in [0.25, 0.3) is 0 Å².